The second-order valence-corrected chi connectivity index (χ2v) is 10.0. The highest BCUT2D eigenvalue weighted by atomic mass is 16.6. The van der Waals surface area contributed by atoms with E-state index < -0.39 is 5.60 Å². The first kappa shape index (κ1) is 23.7. The summed E-state index contributed by atoms with van der Waals surface area (Å²) in [4.78, 5) is 31.5. The number of ether oxygens (including phenoxy) is 2. The molecular formula is C28H30N4O4. The molecule has 0 saturated heterocycles. The molecule has 0 radical (unpaired) electrons. The molecular weight excluding hydrogens is 456 g/mol. The molecule has 5 rings (SSSR count). The first-order valence-electron chi connectivity index (χ1n) is 12.0. The Kier molecular flexibility index (Phi) is 6.04. The van der Waals surface area contributed by atoms with Crippen molar-refractivity contribution in [2.75, 3.05) is 6.54 Å². The summed E-state index contributed by atoms with van der Waals surface area (Å²) in [5.41, 5.74) is 4.20. The van der Waals surface area contributed by atoms with Crippen LogP contribution < -0.4 is 10.3 Å². The lowest BCUT2D eigenvalue weighted by atomic mass is 10.0. The van der Waals surface area contributed by atoms with Crippen LogP contribution in [0.4, 0.5) is 4.79 Å². The lowest BCUT2D eigenvalue weighted by Crippen LogP contribution is -2.40. The van der Waals surface area contributed by atoms with Gasteiger partial charge >= 0.3 is 6.09 Å². The van der Waals surface area contributed by atoms with Crippen LogP contribution in [0.25, 0.3) is 16.6 Å². The predicted octanol–water partition coefficient (Wildman–Crippen LogP) is 4.60. The van der Waals surface area contributed by atoms with Gasteiger partial charge in [-0.25, -0.2) is 4.79 Å². The van der Waals surface area contributed by atoms with Crippen molar-refractivity contribution in [3.8, 4) is 11.4 Å². The van der Waals surface area contributed by atoms with Gasteiger partial charge in [0.15, 0.2) is 0 Å². The summed E-state index contributed by atoms with van der Waals surface area (Å²) in [7, 11) is 2.00. The van der Waals surface area contributed by atoms with Gasteiger partial charge in [-0.2, -0.15) is 0 Å². The van der Waals surface area contributed by atoms with Gasteiger partial charge in [0.25, 0.3) is 5.56 Å². The van der Waals surface area contributed by atoms with E-state index in [2.05, 4.69) is 15.6 Å². The zero-order valence-electron chi connectivity index (χ0n) is 21.0. The number of aromatic nitrogens is 3. The smallest absolute Gasteiger partial charge is 0.410 e. The minimum atomic E-state index is -0.530. The third-order valence-corrected chi connectivity index (χ3v) is 6.33. The zero-order valence-corrected chi connectivity index (χ0v) is 21.0. The number of benzene rings is 1. The van der Waals surface area contributed by atoms with Gasteiger partial charge in [0, 0.05) is 43.1 Å². The summed E-state index contributed by atoms with van der Waals surface area (Å²) in [6.45, 7) is 7.03. The highest BCUT2D eigenvalue weighted by molar-refractivity contribution is 5.88. The van der Waals surface area contributed by atoms with Crippen LogP contribution in [-0.2, 0) is 31.4 Å². The molecule has 0 saturated carbocycles. The number of carbonyl (C=O) groups is 1. The summed E-state index contributed by atoms with van der Waals surface area (Å²) in [6, 6.07) is 14.9. The number of nitrogens with zero attached hydrogens (tertiary/aromatic N) is 4. The van der Waals surface area contributed by atoms with Crippen LogP contribution in [0.3, 0.4) is 0 Å². The minimum absolute atomic E-state index is 0.178. The fourth-order valence-electron chi connectivity index (χ4n) is 4.58. The highest BCUT2D eigenvalue weighted by Gasteiger charge is 2.29. The molecule has 0 spiro atoms. The van der Waals surface area contributed by atoms with E-state index >= 15 is 0 Å². The molecule has 0 atom stereocenters. The van der Waals surface area contributed by atoms with Crippen molar-refractivity contribution in [1.29, 1.82) is 0 Å². The van der Waals surface area contributed by atoms with Gasteiger partial charge in [-0.15, -0.1) is 0 Å². The number of carbonyl (C=O) groups excluding carboxylic acids is 1. The maximum absolute atomic E-state index is 12.9. The first-order chi connectivity index (χ1) is 17.2. The molecule has 1 amide bonds. The fraction of sp³-hybridized carbons (Fsp3) is 0.321. The SMILES string of the molecule is Cn1c2c(c3ccc(-n4ccc(OCc5ccccn5)cc4=O)cc31)CCN(C(=O)OC(C)(C)C)C2. The van der Waals surface area contributed by atoms with Crippen molar-refractivity contribution in [1.82, 2.24) is 19.0 Å². The maximum Gasteiger partial charge on any atom is 0.410 e. The van der Waals surface area contributed by atoms with E-state index in [1.165, 1.54) is 11.6 Å². The van der Waals surface area contributed by atoms with E-state index in [0.717, 1.165) is 34.4 Å². The monoisotopic (exact) mass is 486 g/mol. The van der Waals surface area contributed by atoms with Gasteiger partial charge in [0.1, 0.15) is 18.0 Å². The van der Waals surface area contributed by atoms with Gasteiger partial charge in [-0.3, -0.25) is 14.3 Å². The topological polar surface area (TPSA) is 78.6 Å². The van der Waals surface area contributed by atoms with E-state index in [1.54, 1.807) is 27.9 Å². The van der Waals surface area contributed by atoms with Crippen LogP contribution in [0.5, 0.6) is 5.75 Å². The third-order valence-electron chi connectivity index (χ3n) is 6.33. The molecule has 4 aromatic rings. The number of pyridine rings is 2. The Morgan fingerprint density at radius 3 is 2.67 bits per heavy atom. The van der Waals surface area contributed by atoms with Crippen molar-refractivity contribution in [2.45, 2.75) is 45.9 Å². The van der Waals surface area contributed by atoms with Crippen molar-refractivity contribution < 1.29 is 14.3 Å². The van der Waals surface area contributed by atoms with Gasteiger partial charge < -0.3 is 18.9 Å². The average molecular weight is 487 g/mol. The minimum Gasteiger partial charge on any atom is -0.487 e. The standard InChI is InChI=1S/C28H30N4O4/c1-28(2,3)36-27(34)31-13-11-23-22-9-8-20(15-24(22)30(4)25(23)17-31)32-14-10-21(16-26(32)33)35-18-19-7-5-6-12-29-19/h5-10,12,14-16H,11,13,17-18H2,1-4H3. The molecule has 8 heteroatoms. The Morgan fingerprint density at radius 2 is 1.94 bits per heavy atom. The Balaban J connectivity index is 1.39. The van der Waals surface area contributed by atoms with Gasteiger partial charge in [0.05, 0.1) is 23.4 Å². The summed E-state index contributed by atoms with van der Waals surface area (Å²) in [5, 5.41) is 1.14. The van der Waals surface area contributed by atoms with E-state index in [1.807, 2.05) is 58.2 Å². The molecule has 8 nitrogen and oxygen atoms in total. The lowest BCUT2D eigenvalue weighted by molar-refractivity contribution is 0.0220. The summed E-state index contributed by atoms with van der Waals surface area (Å²) in [6.07, 6.45) is 3.90. The number of fused-ring (bicyclic) bond motifs is 3. The van der Waals surface area contributed by atoms with E-state index in [4.69, 9.17) is 9.47 Å². The molecule has 0 aliphatic carbocycles. The quantitative estimate of drug-likeness (QED) is 0.421. The normalized spacial score (nSPS) is 13.5. The Bertz CT molecular complexity index is 1480. The number of hydrogen-bond acceptors (Lipinski definition) is 5. The molecule has 186 valence electrons. The van der Waals surface area contributed by atoms with Gasteiger partial charge in [-0.05, 0) is 63.1 Å². The van der Waals surface area contributed by atoms with Gasteiger partial charge in [-0.1, -0.05) is 12.1 Å². The number of rotatable bonds is 4. The molecule has 36 heavy (non-hydrogen) atoms. The molecule has 4 heterocycles. The molecule has 0 fully saturated rings. The lowest BCUT2D eigenvalue weighted by Gasteiger charge is -2.30. The number of amides is 1. The van der Waals surface area contributed by atoms with Crippen molar-refractivity contribution in [3.63, 3.8) is 0 Å². The van der Waals surface area contributed by atoms with E-state index in [0.29, 0.717) is 25.4 Å². The Hall–Kier alpha value is -4.07. The Labute approximate surface area is 209 Å². The molecule has 1 aliphatic heterocycles. The molecule has 1 aliphatic rings. The van der Waals surface area contributed by atoms with Crippen LogP contribution in [0, 0.1) is 0 Å². The predicted molar refractivity (Wildman–Crippen MR) is 137 cm³/mol. The van der Waals surface area contributed by atoms with E-state index in [-0.39, 0.29) is 11.7 Å². The van der Waals surface area contributed by atoms with Crippen molar-refractivity contribution >= 4 is 17.0 Å². The summed E-state index contributed by atoms with van der Waals surface area (Å²) >= 11 is 0. The first-order valence-corrected chi connectivity index (χ1v) is 12.0. The van der Waals surface area contributed by atoms with Crippen LogP contribution in [0.1, 0.15) is 37.7 Å². The fourth-order valence-corrected chi connectivity index (χ4v) is 4.58. The van der Waals surface area contributed by atoms with Crippen molar-refractivity contribution in [2.24, 2.45) is 7.05 Å². The van der Waals surface area contributed by atoms with Crippen LogP contribution in [0.15, 0.2) is 65.7 Å². The Morgan fingerprint density at radius 1 is 1.11 bits per heavy atom. The molecule has 0 bridgehead atoms. The number of hydrogen-bond donors (Lipinski definition) is 0. The second kappa shape index (κ2) is 9.18. The molecule has 0 unspecified atom stereocenters. The van der Waals surface area contributed by atoms with Crippen LogP contribution in [-0.4, -0.2) is 37.3 Å². The van der Waals surface area contributed by atoms with Crippen LogP contribution in [0.2, 0.25) is 0 Å². The maximum atomic E-state index is 12.9. The molecule has 1 aromatic carbocycles. The molecule has 0 N–H and O–H groups in total. The van der Waals surface area contributed by atoms with Gasteiger partial charge in [0.2, 0.25) is 0 Å². The largest absolute Gasteiger partial charge is 0.487 e. The zero-order chi connectivity index (χ0) is 25.4. The summed E-state index contributed by atoms with van der Waals surface area (Å²) < 4.78 is 15.0. The third kappa shape index (κ3) is 4.71. The van der Waals surface area contributed by atoms with Crippen molar-refractivity contribution in [3.05, 3.63) is 88.2 Å². The summed E-state index contributed by atoms with van der Waals surface area (Å²) in [5.74, 6) is 0.500. The second-order valence-electron chi connectivity index (χ2n) is 10.0. The highest BCUT2D eigenvalue weighted by Crippen LogP contribution is 2.32. The number of aryl methyl sites for hydroxylation is 1. The molecule has 3 aromatic heterocycles. The average Bonchev–Trinajstić information content (AvgIpc) is 3.13. The van der Waals surface area contributed by atoms with Crippen LogP contribution >= 0.6 is 0 Å². The van der Waals surface area contributed by atoms with E-state index in [9.17, 15) is 9.59 Å².